The normalized spacial score (nSPS) is 35.5. The van der Waals surface area contributed by atoms with Gasteiger partial charge >= 0.3 is 0 Å². The van der Waals surface area contributed by atoms with E-state index in [1.165, 1.54) is 6.42 Å². The van der Waals surface area contributed by atoms with Gasteiger partial charge in [-0.3, -0.25) is 9.59 Å². The molecule has 4 aliphatic carbocycles. The second kappa shape index (κ2) is 7.37. The van der Waals surface area contributed by atoms with Crippen molar-refractivity contribution in [3.05, 3.63) is 29.8 Å². The number of rotatable bonds is 5. The van der Waals surface area contributed by atoms with Crippen LogP contribution in [0, 0.1) is 23.2 Å². The first-order valence-corrected chi connectivity index (χ1v) is 11.6. The molecule has 1 heterocycles. The van der Waals surface area contributed by atoms with Crippen molar-refractivity contribution in [1.29, 1.82) is 0 Å². The van der Waals surface area contributed by atoms with Crippen LogP contribution in [-0.4, -0.2) is 47.5 Å². The fraction of sp³-hybridized carbons (Fsp3) is 0.680. The molecule has 1 aliphatic heterocycles. The zero-order chi connectivity index (χ0) is 20.9. The number of hydrogen-bond donors (Lipinski definition) is 1. The van der Waals surface area contributed by atoms with Gasteiger partial charge in [-0.05, 0) is 92.9 Å². The van der Waals surface area contributed by atoms with Gasteiger partial charge in [-0.1, -0.05) is 0 Å². The fourth-order valence-corrected chi connectivity index (χ4v) is 7.42. The second-order valence-corrected chi connectivity index (χ2v) is 10.6. The number of Topliss-reactive ketones (excluding diaryl/α,β-unsaturated/α-hetero) is 1. The van der Waals surface area contributed by atoms with Crippen LogP contribution in [0.5, 0.6) is 5.75 Å². The van der Waals surface area contributed by atoms with Crippen molar-refractivity contribution in [2.45, 2.75) is 63.4 Å². The summed E-state index contributed by atoms with van der Waals surface area (Å²) < 4.78 is 5.17. The average molecular weight is 412 g/mol. The Hall–Kier alpha value is -1.88. The third-order valence-electron chi connectivity index (χ3n) is 8.27. The highest BCUT2D eigenvalue weighted by molar-refractivity contribution is 5.98. The molecule has 5 nitrogen and oxygen atoms in total. The molecule has 0 aromatic heterocycles. The molecule has 1 amide bonds. The van der Waals surface area contributed by atoms with E-state index in [9.17, 15) is 14.7 Å². The Morgan fingerprint density at radius 2 is 1.70 bits per heavy atom. The summed E-state index contributed by atoms with van der Waals surface area (Å²) >= 11 is 0. The molecule has 5 heteroatoms. The van der Waals surface area contributed by atoms with Crippen LogP contribution < -0.4 is 4.74 Å². The summed E-state index contributed by atoms with van der Waals surface area (Å²) in [7, 11) is 1.62. The van der Waals surface area contributed by atoms with Crippen LogP contribution in [0.4, 0.5) is 0 Å². The molecule has 1 aromatic rings. The van der Waals surface area contributed by atoms with Crippen molar-refractivity contribution in [3.8, 4) is 5.75 Å². The Balaban J connectivity index is 1.18. The van der Waals surface area contributed by atoms with Gasteiger partial charge in [-0.25, -0.2) is 0 Å². The van der Waals surface area contributed by atoms with Gasteiger partial charge in [0, 0.05) is 31.0 Å². The lowest BCUT2D eigenvalue weighted by Gasteiger charge is -2.60. The van der Waals surface area contributed by atoms with Gasteiger partial charge in [0.25, 0.3) is 0 Å². The summed E-state index contributed by atoms with van der Waals surface area (Å²) in [4.78, 5) is 28.0. The van der Waals surface area contributed by atoms with E-state index in [1.54, 1.807) is 7.11 Å². The van der Waals surface area contributed by atoms with Crippen molar-refractivity contribution >= 4 is 11.7 Å². The van der Waals surface area contributed by atoms with E-state index in [2.05, 4.69) is 0 Å². The Labute approximate surface area is 178 Å². The maximum atomic E-state index is 13.1. The smallest absolute Gasteiger partial charge is 0.223 e. The number of benzene rings is 1. The standard InChI is InChI=1S/C25H33NO4/c1-30-21-4-2-19(3-5-21)23(28)20-6-8-26(9-7-20)22(27)15-24-11-17-10-18(12-24)14-25(29,13-17)16-24/h2-5,17-18,20,29H,6-16H2,1H3. The third-order valence-corrected chi connectivity index (χ3v) is 8.27. The van der Waals surface area contributed by atoms with Gasteiger partial charge in [-0.15, -0.1) is 0 Å². The van der Waals surface area contributed by atoms with Crippen LogP contribution in [0.25, 0.3) is 0 Å². The number of nitrogens with zero attached hydrogens (tertiary/aromatic N) is 1. The van der Waals surface area contributed by atoms with Crippen LogP contribution in [0.2, 0.25) is 0 Å². The number of methoxy groups -OCH3 is 1. The largest absolute Gasteiger partial charge is 0.497 e. The molecule has 1 aromatic carbocycles. The molecule has 5 fully saturated rings. The number of aliphatic hydroxyl groups is 1. The molecular weight excluding hydrogens is 378 g/mol. The maximum Gasteiger partial charge on any atom is 0.223 e. The van der Waals surface area contributed by atoms with Crippen molar-refractivity contribution in [3.63, 3.8) is 0 Å². The average Bonchev–Trinajstić information content (AvgIpc) is 2.71. The molecule has 5 aliphatic rings. The molecular formula is C25H33NO4. The summed E-state index contributed by atoms with van der Waals surface area (Å²) in [5.74, 6) is 2.36. The number of amides is 1. The van der Waals surface area contributed by atoms with Crippen LogP contribution in [0.3, 0.4) is 0 Å². The van der Waals surface area contributed by atoms with Crippen molar-refractivity contribution in [1.82, 2.24) is 4.90 Å². The first kappa shape index (κ1) is 20.0. The van der Waals surface area contributed by atoms with Gasteiger partial charge in [0.15, 0.2) is 5.78 Å². The molecule has 4 bridgehead atoms. The minimum absolute atomic E-state index is 0.0114. The molecule has 2 unspecified atom stereocenters. The molecule has 0 radical (unpaired) electrons. The quantitative estimate of drug-likeness (QED) is 0.748. The topological polar surface area (TPSA) is 66.8 Å². The summed E-state index contributed by atoms with van der Waals surface area (Å²) in [6.45, 7) is 1.33. The second-order valence-electron chi connectivity index (χ2n) is 10.6. The van der Waals surface area contributed by atoms with E-state index < -0.39 is 5.60 Å². The molecule has 162 valence electrons. The molecule has 1 saturated heterocycles. The number of carbonyl (C=O) groups is 2. The Morgan fingerprint density at radius 3 is 2.27 bits per heavy atom. The third kappa shape index (κ3) is 3.66. The highest BCUT2D eigenvalue weighted by Crippen LogP contribution is 2.62. The van der Waals surface area contributed by atoms with E-state index in [1.807, 2.05) is 29.2 Å². The Kier molecular flexibility index (Phi) is 4.92. The fourth-order valence-electron chi connectivity index (χ4n) is 7.42. The monoisotopic (exact) mass is 411 g/mol. The van der Waals surface area contributed by atoms with Crippen LogP contribution in [-0.2, 0) is 4.79 Å². The number of piperidine rings is 1. The van der Waals surface area contributed by atoms with E-state index in [4.69, 9.17) is 4.74 Å². The van der Waals surface area contributed by atoms with Gasteiger partial charge < -0.3 is 14.7 Å². The van der Waals surface area contributed by atoms with Gasteiger partial charge in [0.1, 0.15) is 5.75 Å². The first-order valence-electron chi connectivity index (χ1n) is 11.6. The minimum atomic E-state index is -0.512. The van der Waals surface area contributed by atoms with Gasteiger partial charge in [-0.2, -0.15) is 0 Å². The molecule has 0 spiro atoms. The van der Waals surface area contributed by atoms with Crippen molar-refractivity contribution in [2.75, 3.05) is 20.2 Å². The van der Waals surface area contributed by atoms with Gasteiger partial charge in [0.2, 0.25) is 5.91 Å². The van der Waals surface area contributed by atoms with E-state index in [0.29, 0.717) is 31.3 Å². The van der Waals surface area contributed by atoms with E-state index in [0.717, 1.165) is 56.3 Å². The predicted octanol–water partition coefficient (Wildman–Crippen LogP) is 3.84. The maximum absolute atomic E-state index is 13.1. The van der Waals surface area contributed by atoms with Crippen LogP contribution in [0.15, 0.2) is 24.3 Å². The highest BCUT2D eigenvalue weighted by atomic mass is 16.5. The predicted molar refractivity (Wildman–Crippen MR) is 113 cm³/mol. The summed E-state index contributed by atoms with van der Waals surface area (Å²) in [6, 6.07) is 7.31. The van der Waals surface area contributed by atoms with Crippen LogP contribution >= 0.6 is 0 Å². The molecule has 2 atom stereocenters. The molecule has 6 rings (SSSR count). The summed E-state index contributed by atoms with van der Waals surface area (Å²) in [5, 5.41) is 11.0. The van der Waals surface area contributed by atoms with E-state index >= 15 is 0 Å². The number of hydrogen-bond acceptors (Lipinski definition) is 4. The number of ether oxygens (including phenoxy) is 1. The molecule has 4 saturated carbocycles. The SMILES string of the molecule is COc1ccc(C(=O)C2CCN(C(=O)CC34CC5CC(CC(O)(C5)C3)C4)CC2)cc1. The van der Waals surface area contributed by atoms with Crippen molar-refractivity contribution < 1.29 is 19.4 Å². The molecule has 30 heavy (non-hydrogen) atoms. The lowest BCUT2D eigenvalue weighted by Crippen LogP contribution is -2.56. The van der Waals surface area contributed by atoms with Crippen LogP contribution in [0.1, 0.15) is 68.1 Å². The number of ketones is 1. The minimum Gasteiger partial charge on any atom is -0.497 e. The lowest BCUT2D eigenvalue weighted by molar-refractivity contribution is -0.172. The van der Waals surface area contributed by atoms with E-state index in [-0.39, 0.29) is 23.0 Å². The lowest BCUT2D eigenvalue weighted by atomic mass is 9.47. The zero-order valence-corrected chi connectivity index (χ0v) is 17.9. The zero-order valence-electron chi connectivity index (χ0n) is 17.9. The Morgan fingerprint density at radius 1 is 1.07 bits per heavy atom. The Bertz CT molecular complexity index is 810. The highest BCUT2D eigenvalue weighted by Gasteiger charge is 2.57. The molecule has 1 N–H and O–H groups in total. The number of likely N-dealkylation sites (tertiary alicyclic amines) is 1. The number of carbonyl (C=O) groups excluding carboxylic acids is 2. The summed E-state index contributed by atoms with van der Waals surface area (Å²) in [6.07, 6.45) is 8.23. The summed E-state index contributed by atoms with van der Waals surface area (Å²) in [5.41, 5.74) is 0.232. The van der Waals surface area contributed by atoms with Gasteiger partial charge in [0.05, 0.1) is 12.7 Å². The van der Waals surface area contributed by atoms with Crippen molar-refractivity contribution in [2.24, 2.45) is 23.2 Å². The first-order chi connectivity index (χ1) is 14.4.